The van der Waals surface area contributed by atoms with Crippen LogP contribution in [0.1, 0.15) is 0 Å². The molecule has 0 aliphatic rings. The van der Waals surface area contributed by atoms with Crippen molar-refractivity contribution in [1.82, 2.24) is 0 Å². The van der Waals surface area contributed by atoms with Crippen molar-refractivity contribution in [1.29, 1.82) is 0 Å². The Hall–Kier alpha value is -0.331. The van der Waals surface area contributed by atoms with E-state index < -0.39 is 0 Å². The molecule has 0 spiro atoms. The van der Waals surface area contributed by atoms with E-state index >= 15 is 0 Å². The molecule has 0 saturated heterocycles. The van der Waals surface area contributed by atoms with Gasteiger partial charge in [-0.3, -0.25) is 6.79 Å². The second-order valence-electron chi connectivity index (χ2n) is 0. The minimum Gasteiger partial charge on any atom is -0.545 e. The Morgan fingerprint density at radius 2 is 0.667 bits per heavy atom. The summed E-state index contributed by atoms with van der Waals surface area (Å²) in [6, 6.07) is 0. The van der Waals surface area contributed by atoms with Crippen LogP contribution < -0.4 is 0 Å². The molecule has 0 aliphatic heterocycles. The molecule has 12 heavy (non-hydrogen) atoms. The Kier molecular flexibility index (Phi) is 46200. The fraction of sp³-hybridized carbons (Fsp3) is 0. The number of hydrogen-bond acceptors (Lipinski definition) is 1. The van der Waals surface area contributed by atoms with Gasteiger partial charge in [-0.2, -0.15) is 0 Å². The molecule has 0 amide bonds. The molecule has 0 unspecified atom stereocenters. The molecule has 0 aromatic rings. The van der Waals surface area contributed by atoms with E-state index in [0.29, 0.717) is 0 Å². The van der Waals surface area contributed by atoms with Crippen LogP contribution in [0.2, 0.25) is 0 Å². The maximum absolute atomic E-state index is 7.75. The topological polar surface area (TPSA) is 96.7 Å². The third-order valence-electron chi connectivity index (χ3n) is 0. The normalized spacial score (nSPS) is 1.00. The van der Waals surface area contributed by atoms with Crippen LogP contribution in [0.4, 0.5) is 0 Å². The SMILES string of the molecule is [C-]#[O+].[C-]#[O+].[C-]#[O+].[C-]#[O+].[CH-]=O.[Fe+2].[Fe+3]. The van der Waals surface area contributed by atoms with Gasteiger partial charge in [-0.05, 0) is 0 Å². The summed E-state index contributed by atoms with van der Waals surface area (Å²) in [5, 5.41) is 0. The second-order valence-corrected chi connectivity index (χ2v) is 0. The molecule has 63 valence electrons. The van der Waals surface area contributed by atoms with E-state index in [9.17, 15) is 0 Å². The van der Waals surface area contributed by atoms with E-state index in [2.05, 4.69) is 33.4 Å². The summed E-state index contributed by atoms with van der Waals surface area (Å²) < 4.78 is 30.0. The summed E-state index contributed by atoms with van der Waals surface area (Å²) in [7, 11) is 0. The van der Waals surface area contributed by atoms with Crippen molar-refractivity contribution < 1.29 is 57.5 Å². The van der Waals surface area contributed by atoms with E-state index in [1.165, 1.54) is 0 Å². The van der Waals surface area contributed by atoms with Crippen LogP contribution in [0.25, 0.3) is 0 Å². The third-order valence-corrected chi connectivity index (χ3v) is 0. The molecule has 0 bridgehead atoms. The van der Waals surface area contributed by atoms with Crippen molar-refractivity contribution in [2.75, 3.05) is 0 Å². The molecule has 0 aromatic heterocycles. The average Bonchev–Trinajstić information content (AvgIpc) is 2.20. The zero-order chi connectivity index (χ0) is 10.0. The Morgan fingerprint density at radius 3 is 0.667 bits per heavy atom. The first-order chi connectivity index (χ1) is 5.00. The van der Waals surface area contributed by atoms with Crippen LogP contribution in [-0.4, -0.2) is 6.79 Å². The van der Waals surface area contributed by atoms with Gasteiger partial charge in [-0.15, -0.1) is 0 Å². The van der Waals surface area contributed by atoms with Crippen molar-refractivity contribution >= 4 is 6.79 Å². The van der Waals surface area contributed by atoms with Gasteiger partial charge < -0.3 is 4.79 Å². The first-order valence-corrected chi connectivity index (χ1v) is 1.05. The van der Waals surface area contributed by atoms with Crippen LogP contribution in [0.3, 0.4) is 0 Å². The molecule has 0 saturated carbocycles. The minimum absolute atomic E-state index is 0. The molecule has 1 radical (unpaired) electrons. The Labute approximate surface area is 91.1 Å². The minimum atomic E-state index is 0. The van der Waals surface area contributed by atoms with E-state index in [-0.39, 0.29) is 34.1 Å². The molecule has 7 heteroatoms. The Balaban J connectivity index is -0.00000000500. The van der Waals surface area contributed by atoms with Gasteiger partial charge in [-0.25, -0.2) is 0 Å². The largest absolute Gasteiger partial charge is 3.00 e. The summed E-state index contributed by atoms with van der Waals surface area (Å²) in [6.45, 7) is 21.2. The van der Waals surface area contributed by atoms with Gasteiger partial charge in [0.25, 0.3) is 0 Å². The van der Waals surface area contributed by atoms with Crippen molar-refractivity contribution in [2.45, 2.75) is 0 Å². The standard InChI is InChI=1S/CHO.4CO.2Fe/c5*1-2;;/h1H;;;;;;/q-1;;;;;+2;+3. The third kappa shape index (κ3) is 6630. The fourth-order valence-corrected chi connectivity index (χ4v) is 0. The van der Waals surface area contributed by atoms with Crippen LogP contribution in [0, 0.1) is 26.6 Å². The van der Waals surface area contributed by atoms with Gasteiger partial charge in [0.1, 0.15) is 0 Å². The average molecular weight is 253 g/mol. The van der Waals surface area contributed by atoms with Crippen LogP contribution in [0.5, 0.6) is 0 Å². The van der Waals surface area contributed by atoms with E-state index in [0.717, 1.165) is 0 Å². The molecule has 0 aromatic carbocycles. The molecule has 0 rings (SSSR count). The monoisotopic (exact) mass is 253 g/mol. The quantitative estimate of drug-likeness (QED) is 0.249. The van der Waals surface area contributed by atoms with E-state index in [1.807, 2.05) is 0 Å². The van der Waals surface area contributed by atoms with Gasteiger partial charge in [0.05, 0.1) is 0 Å². The van der Waals surface area contributed by atoms with Crippen molar-refractivity contribution in [3.05, 3.63) is 26.6 Å². The van der Waals surface area contributed by atoms with Crippen LogP contribution in [-0.2, 0) is 57.5 Å². The van der Waals surface area contributed by atoms with Crippen molar-refractivity contribution in [3.63, 3.8) is 0 Å². The molecule has 5 nitrogen and oxygen atoms in total. The smallest absolute Gasteiger partial charge is 0.545 e. The predicted molar refractivity (Wildman–Crippen MR) is 22.5 cm³/mol. The van der Waals surface area contributed by atoms with E-state index in [1.54, 1.807) is 0 Å². The summed E-state index contributed by atoms with van der Waals surface area (Å²) in [6.07, 6.45) is 0. The first-order valence-electron chi connectivity index (χ1n) is 1.05. The van der Waals surface area contributed by atoms with Crippen LogP contribution in [0.15, 0.2) is 0 Å². The molecule has 0 aliphatic carbocycles. The van der Waals surface area contributed by atoms with Gasteiger partial charge in [0.2, 0.25) is 0 Å². The van der Waals surface area contributed by atoms with Gasteiger partial charge in [0.15, 0.2) is 0 Å². The molecule has 0 atom stereocenters. The van der Waals surface area contributed by atoms with E-state index in [4.69, 9.17) is 23.4 Å². The maximum atomic E-state index is 7.75. The molecule has 0 fully saturated rings. The van der Waals surface area contributed by atoms with Gasteiger partial charge in [0, 0.05) is 0 Å². The zero-order valence-corrected chi connectivity index (χ0v) is 7.53. The first kappa shape index (κ1) is 60.9. The van der Waals surface area contributed by atoms with Crippen molar-refractivity contribution in [2.24, 2.45) is 0 Å². The zero-order valence-electron chi connectivity index (χ0n) is 5.33. The molecular weight excluding hydrogens is 252 g/mol. The Bertz CT molecular complexity index is 71.0. The second kappa shape index (κ2) is 9100. The van der Waals surface area contributed by atoms with Gasteiger partial charge >= 0.3 is 79.3 Å². The molecular formula is C5HFe2O5+4. The Morgan fingerprint density at radius 1 is 0.667 bits per heavy atom. The van der Waals surface area contributed by atoms with Crippen LogP contribution >= 0.6 is 0 Å². The molecule has 0 N–H and O–H groups in total. The molecule has 0 heterocycles. The van der Waals surface area contributed by atoms with Gasteiger partial charge in [-0.1, -0.05) is 0 Å². The van der Waals surface area contributed by atoms with Crippen molar-refractivity contribution in [3.8, 4) is 0 Å². The number of carbonyl (C=O) groups excluding carboxylic acids is 1. The number of hydrogen-bond donors (Lipinski definition) is 0. The number of rotatable bonds is 0. The maximum Gasteiger partial charge on any atom is 3.00 e. The summed E-state index contributed by atoms with van der Waals surface area (Å²) in [4.78, 5) is 7.75. The fourth-order valence-electron chi connectivity index (χ4n) is 0. The summed E-state index contributed by atoms with van der Waals surface area (Å²) in [5.74, 6) is 0. The predicted octanol–water partition coefficient (Wildman–Crippen LogP) is -0.429. The summed E-state index contributed by atoms with van der Waals surface area (Å²) >= 11 is 0. The summed E-state index contributed by atoms with van der Waals surface area (Å²) in [5.41, 5.74) is 0.